The Morgan fingerprint density at radius 1 is 1.22 bits per heavy atom. The van der Waals surface area contributed by atoms with Gasteiger partial charge in [0.2, 0.25) is 5.82 Å². The van der Waals surface area contributed by atoms with Crippen molar-refractivity contribution in [2.75, 3.05) is 0 Å². The molecule has 7 nitrogen and oxygen atoms in total. The van der Waals surface area contributed by atoms with E-state index < -0.39 is 27.9 Å². The van der Waals surface area contributed by atoms with Crippen molar-refractivity contribution < 1.29 is 18.1 Å². The van der Waals surface area contributed by atoms with Crippen LogP contribution in [0.1, 0.15) is 5.56 Å². The van der Waals surface area contributed by atoms with Crippen molar-refractivity contribution in [3.8, 4) is 0 Å². The molecule has 0 unspecified atom stereocenters. The number of azo groups is 1. The third-order valence-electron chi connectivity index (χ3n) is 3.06. The summed E-state index contributed by atoms with van der Waals surface area (Å²) in [6.45, 7) is 0.112. The van der Waals surface area contributed by atoms with Gasteiger partial charge >= 0.3 is 5.69 Å². The van der Waals surface area contributed by atoms with Crippen molar-refractivity contribution in [2.24, 2.45) is 10.2 Å². The number of nitro benzene ring substituents is 1. The Hall–Kier alpha value is -3.23. The number of nitro groups is 1. The summed E-state index contributed by atoms with van der Waals surface area (Å²) in [5, 5.41) is 17.8. The number of oxazole rings is 1. The maximum absolute atomic E-state index is 13.7. The molecule has 0 aliphatic rings. The molecular formula is C14H8F2N4O3. The summed E-state index contributed by atoms with van der Waals surface area (Å²) < 4.78 is 32.2. The largest absolute Gasteiger partial charge is 0.443 e. The highest BCUT2D eigenvalue weighted by atomic mass is 19.2. The molecule has 0 aliphatic carbocycles. The normalized spacial score (nSPS) is 11.4. The van der Waals surface area contributed by atoms with Gasteiger partial charge in [-0.2, -0.15) is 14.6 Å². The van der Waals surface area contributed by atoms with E-state index in [1.807, 2.05) is 0 Å². The third-order valence-corrected chi connectivity index (χ3v) is 3.06. The third kappa shape index (κ3) is 2.89. The van der Waals surface area contributed by atoms with Crippen molar-refractivity contribution in [3.05, 3.63) is 64.0 Å². The summed E-state index contributed by atoms with van der Waals surface area (Å²) >= 11 is 0. The van der Waals surface area contributed by atoms with E-state index in [1.165, 1.54) is 6.39 Å². The molecule has 0 aliphatic heterocycles. The van der Waals surface area contributed by atoms with Crippen LogP contribution in [0, 0.1) is 21.7 Å². The Bertz CT molecular complexity index is 924. The Morgan fingerprint density at radius 2 is 2.04 bits per heavy atom. The van der Waals surface area contributed by atoms with Crippen molar-refractivity contribution in [1.82, 2.24) is 4.98 Å². The number of hydrogen-bond acceptors (Lipinski definition) is 6. The second-order valence-corrected chi connectivity index (χ2v) is 4.54. The molecule has 0 bridgehead atoms. The Morgan fingerprint density at radius 3 is 2.83 bits per heavy atom. The van der Waals surface area contributed by atoms with Gasteiger partial charge in [-0.3, -0.25) is 10.1 Å². The van der Waals surface area contributed by atoms with Crippen LogP contribution in [-0.2, 0) is 6.54 Å². The molecular weight excluding hydrogens is 310 g/mol. The molecule has 0 radical (unpaired) electrons. The number of fused-ring (bicyclic) bond motifs is 1. The van der Waals surface area contributed by atoms with E-state index >= 15 is 0 Å². The molecule has 2 aromatic carbocycles. The van der Waals surface area contributed by atoms with Gasteiger partial charge in [0.25, 0.3) is 0 Å². The summed E-state index contributed by atoms with van der Waals surface area (Å²) in [6, 6.07) is 7.01. The van der Waals surface area contributed by atoms with Gasteiger partial charge in [0.05, 0.1) is 11.5 Å². The van der Waals surface area contributed by atoms with Crippen molar-refractivity contribution >= 4 is 22.5 Å². The van der Waals surface area contributed by atoms with Crippen LogP contribution in [0.25, 0.3) is 11.1 Å². The molecule has 0 spiro atoms. The van der Waals surface area contributed by atoms with E-state index in [9.17, 15) is 18.9 Å². The molecule has 1 aromatic heterocycles. The van der Waals surface area contributed by atoms with Crippen LogP contribution in [-0.4, -0.2) is 9.91 Å². The van der Waals surface area contributed by atoms with E-state index in [1.54, 1.807) is 18.2 Å². The Labute approximate surface area is 127 Å². The number of halogens is 2. The maximum atomic E-state index is 13.7. The lowest BCUT2D eigenvalue weighted by atomic mass is 10.2. The zero-order valence-electron chi connectivity index (χ0n) is 11.4. The highest BCUT2D eigenvalue weighted by Crippen LogP contribution is 2.28. The van der Waals surface area contributed by atoms with E-state index in [2.05, 4.69) is 15.2 Å². The van der Waals surface area contributed by atoms with Crippen molar-refractivity contribution in [2.45, 2.75) is 6.54 Å². The first kappa shape index (κ1) is 14.7. The van der Waals surface area contributed by atoms with Gasteiger partial charge in [-0.05, 0) is 23.8 Å². The second kappa shape index (κ2) is 5.87. The lowest BCUT2D eigenvalue weighted by molar-refractivity contribution is -0.387. The molecule has 9 heteroatoms. The fraction of sp³-hybridized carbons (Fsp3) is 0.0714. The average molecular weight is 318 g/mol. The van der Waals surface area contributed by atoms with Crippen LogP contribution >= 0.6 is 0 Å². The van der Waals surface area contributed by atoms with Gasteiger partial charge in [-0.15, -0.1) is 0 Å². The van der Waals surface area contributed by atoms with Gasteiger partial charge in [0, 0.05) is 6.07 Å². The van der Waals surface area contributed by atoms with Crippen LogP contribution in [0.2, 0.25) is 0 Å². The highest BCUT2D eigenvalue weighted by molar-refractivity contribution is 5.72. The molecule has 0 atom stereocenters. The summed E-state index contributed by atoms with van der Waals surface area (Å²) in [5.41, 5.74) is 0.658. The zero-order valence-corrected chi connectivity index (χ0v) is 11.4. The molecule has 0 fully saturated rings. The smallest absolute Gasteiger partial charge is 0.308 e. The molecule has 3 aromatic rings. The number of rotatable bonds is 4. The minimum Gasteiger partial charge on any atom is -0.443 e. The lowest BCUT2D eigenvalue weighted by Gasteiger charge is -1.99. The maximum Gasteiger partial charge on any atom is 0.308 e. The van der Waals surface area contributed by atoms with Gasteiger partial charge in [0.1, 0.15) is 11.2 Å². The van der Waals surface area contributed by atoms with Crippen LogP contribution in [0.15, 0.2) is 51.4 Å². The number of aromatic nitrogens is 1. The number of benzene rings is 2. The highest BCUT2D eigenvalue weighted by Gasteiger charge is 2.21. The van der Waals surface area contributed by atoms with Gasteiger partial charge in [0.15, 0.2) is 17.8 Å². The van der Waals surface area contributed by atoms with Gasteiger partial charge in [-0.25, -0.2) is 9.37 Å². The Kier molecular flexibility index (Phi) is 3.75. The van der Waals surface area contributed by atoms with Gasteiger partial charge < -0.3 is 4.42 Å². The molecule has 0 saturated heterocycles. The second-order valence-electron chi connectivity index (χ2n) is 4.54. The number of nitrogens with zero attached hydrogens (tertiary/aromatic N) is 4. The first-order chi connectivity index (χ1) is 11.1. The number of hydrogen-bond donors (Lipinski definition) is 0. The predicted molar refractivity (Wildman–Crippen MR) is 75.2 cm³/mol. The zero-order chi connectivity index (χ0) is 16.4. The van der Waals surface area contributed by atoms with Crippen LogP contribution < -0.4 is 0 Å². The molecule has 0 N–H and O–H groups in total. The Balaban J connectivity index is 1.80. The van der Waals surface area contributed by atoms with Gasteiger partial charge in [-0.1, -0.05) is 6.07 Å². The van der Waals surface area contributed by atoms with Crippen molar-refractivity contribution in [1.29, 1.82) is 0 Å². The van der Waals surface area contributed by atoms with Crippen LogP contribution in [0.4, 0.5) is 20.2 Å². The summed E-state index contributed by atoms with van der Waals surface area (Å²) in [4.78, 5) is 13.5. The van der Waals surface area contributed by atoms with E-state index in [-0.39, 0.29) is 6.54 Å². The molecule has 23 heavy (non-hydrogen) atoms. The first-order valence-electron chi connectivity index (χ1n) is 6.38. The minimum atomic E-state index is -1.56. The molecule has 0 amide bonds. The van der Waals surface area contributed by atoms with E-state index in [4.69, 9.17) is 4.42 Å². The molecule has 116 valence electrons. The quantitative estimate of drug-likeness (QED) is 0.407. The minimum absolute atomic E-state index is 0.112. The summed E-state index contributed by atoms with van der Waals surface area (Å²) in [6.07, 6.45) is 1.31. The average Bonchev–Trinajstić information content (AvgIpc) is 2.99. The standard InChI is InChI=1S/C14H8F2N4O3/c15-13-9(2-3-11(14(13)16)20(21)22)19-18-6-8-1-4-12-10(5-8)17-7-23-12/h1-5,7H,6H2. The SMILES string of the molecule is O=[N+]([O-])c1ccc(N=NCc2ccc3ocnc3c2)c(F)c1F. The summed E-state index contributed by atoms with van der Waals surface area (Å²) in [5.74, 6) is -2.97. The molecule has 1 heterocycles. The molecule has 3 rings (SSSR count). The monoisotopic (exact) mass is 318 g/mol. The van der Waals surface area contributed by atoms with E-state index in [0.717, 1.165) is 17.7 Å². The molecule has 0 saturated carbocycles. The topological polar surface area (TPSA) is 93.9 Å². The fourth-order valence-corrected chi connectivity index (χ4v) is 1.94. The van der Waals surface area contributed by atoms with Crippen LogP contribution in [0.3, 0.4) is 0 Å². The summed E-state index contributed by atoms with van der Waals surface area (Å²) in [7, 11) is 0. The fourth-order valence-electron chi connectivity index (χ4n) is 1.94. The van der Waals surface area contributed by atoms with Crippen LogP contribution in [0.5, 0.6) is 0 Å². The first-order valence-corrected chi connectivity index (χ1v) is 6.38. The lowest BCUT2D eigenvalue weighted by Crippen LogP contribution is -1.95. The predicted octanol–water partition coefficient (Wildman–Crippen LogP) is 4.30. The van der Waals surface area contributed by atoms with Crippen molar-refractivity contribution in [3.63, 3.8) is 0 Å². The van der Waals surface area contributed by atoms with E-state index in [0.29, 0.717) is 11.1 Å².